The first-order valence-corrected chi connectivity index (χ1v) is 14.3. The third-order valence-electron chi connectivity index (χ3n) is 7.34. The van der Waals surface area contributed by atoms with Gasteiger partial charge in [0, 0.05) is 33.6 Å². The van der Waals surface area contributed by atoms with Crippen LogP contribution in [0.4, 0.5) is 0 Å². The van der Waals surface area contributed by atoms with Crippen LogP contribution in [-0.4, -0.2) is 9.13 Å². The van der Waals surface area contributed by atoms with Crippen LogP contribution >= 0.6 is 0 Å². The topological polar surface area (TPSA) is 9.86 Å². The molecule has 0 radical (unpaired) electrons. The van der Waals surface area contributed by atoms with Gasteiger partial charge in [0.05, 0.1) is 22.8 Å². The lowest BCUT2D eigenvalue weighted by Crippen LogP contribution is -2.00. The predicted molar refractivity (Wildman–Crippen MR) is 190 cm³/mol. The van der Waals surface area contributed by atoms with Crippen LogP contribution in [0.1, 0.15) is 72.7 Å². The highest BCUT2D eigenvalue weighted by Gasteiger charge is 2.19. The quantitative estimate of drug-likeness (QED) is 0.176. The van der Waals surface area contributed by atoms with Crippen LogP contribution < -0.4 is 0 Å². The van der Waals surface area contributed by atoms with Crippen LogP contribution in [0.25, 0.3) is 71.1 Å². The van der Waals surface area contributed by atoms with Gasteiger partial charge in [-0.3, -0.25) is 0 Å². The largest absolute Gasteiger partial charge is 0.309 e. The van der Waals surface area contributed by atoms with Crippen molar-refractivity contribution in [3.63, 3.8) is 0 Å². The van der Waals surface area contributed by atoms with E-state index >= 15 is 0 Å². The van der Waals surface area contributed by atoms with E-state index in [9.17, 15) is 0 Å². The van der Waals surface area contributed by atoms with Crippen molar-refractivity contribution in [1.29, 1.82) is 0 Å². The highest BCUT2D eigenvalue weighted by Crippen LogP contribution is 2.34. The molecule has 0 atom stereocenters. The van der Waals surface area contributed by atoms with Crippen molar-refractivity contribution >= 4 is 48.6 Å². The van der Waals surface area contributed by atoms with E-state index in [4.69, 9.17) is 0 Å². The SMILES string of the molecule is C=Cc1c(C=C)c(/C=C\C)n(-c2ccc(-c3ccc(-n4c(C=C)c(/C=C\C)c(/C=C\C)c4C=C)cc3)cc2)c1/C=C\C. The van der Waals surface area contributed by atoms with E-state index in [0.717, 1.165) is 67.5 Å². The lowest BCUT2D eigenvalue weighted by Gasteiger charge is -2.13. The fourth-order valence-corrected chi connectivity index (χ4v) is 5.62. The van der Waals surface area contributed by atoms with Crippen LogP contribution in [0.2, 0.25) is 0 Å². The van der Waals surface area contributed by atoms with E-state index in [2.05, 4.69) is 133 Å². The number of nitrogens with zero attached hydrogens (tertiary/aromatic N) is 2. The van der Waals surface area contributed by atoms with E-state index in [-0.39, 0.29) is 0 Å². The standard InChI is InChI=1S/C40H40N2/c1-9-17-35-36(18-10-2)38(16-8)41(37(35)15-7)31-25-21-29(22-26-31)30-23-27-32(28-24-30)42-39(19-11-3)33(13-5)34(14-6)40(42)20-12-4/h9-28H,5-8H2,1-4H3/b17-9-,18-10-,19-11-,20-12-. The van der Waals surface area contributed by atoms with Crippen molar-refractivity contribution in [2.24, 2.45) is 0 Å². The molecule has 2 heteroatoms. The number of rotatable bonds is 11. The molecule has 2 heterocycles. The molecule has 0 amide bonds. The Balaban J connectivity index is 1.79. The Bertz CT molecular complexity index is 1650. The maximum Gasteiger partial charge on any atom is 0.0537 e. The summed E-state index contributed by atoms with van der Waals surface area (Å²) in [7, 11) is 0. The van der Waals surface area contributed by atoms with Gasteiger partial charge in [-0.25, -0.2) is 0 Å². The molecule has 2 aromatic carbocycles. The van der Waals surface area contributed by atoms with Crippen molar-refractivity contribution in [3.8, 4) is 22.5 Å². The summed E-state index contributed by atoms with van der Waals surface area (Å²) < 4.78 is 4.49. The second-order valence-corrected chi connectivity index (χ2v) is 9.78. The molecule has 0 N–H and O–H groups in total. The zero-order chi connectivity index (χ0) is 30.2. The zero-order valence-corrected chi connectivity index (χ0v) is 25.3. The highest BCUT2D eigenvalue weighted by molar-refractivity contribution is 5.82. The molecule has 2 aromatic heterocycles. The fraction of sp³-hybridized carbons (Fsp3) is 0.100. The average Bonchev–Trinajstić information content (AvgIpc) is 3.48. The van der Waals surface area contributed by atoms with E-state index in [1.165, 1.54) is 0 Å². The van der Waals surface area contributed by atoms with E-state index in [1.807, 2.05) is 52.0 Å². The van der Waals surface area contributed by atoms with Crippen LogP contribution in [0.15, 0.2) is 99.2 Å². The van der Waals surface area contributed by atoms with E-state index < -0.39 is 0 Å². The number of benzene rings is 2. The van der Waals surface area contributed by atoms with Crippen molar-refractivity contribution < 1.29 is 0 Å². The summed E-state index contributed by atoms with van der Waals surface area (Å²) in [4.78, 5) is 0. The van der Waals surface area contributed by atoms with Gasteiger partial charge in [0.1, 0.15) is 0 Å². The molecule has 4 rings (SSSR count). The lowest BCUT2D eigenvalue weighted by atomic mass is 10.0. The second-order valence-electron chi connectivity index (χ2n) is 9.78. The van der Waals surface area contributed by atoms with Crippen molar-refractivity contribution in [2.45, 2.75) is 27.7 Å². The Morgan fingerprint density at radius 3 is 1.02 bits per heavy atom. The second kappa shape index (κ2) is 13.5. The summed E-state index contributed by atoms with van der Waals surface area (Å²) in [6.45, 7) is 24.6. The lowest BCUT2D eigenvalue weighted by molar-refractivity contribution is 1.04. The smallest absolute Gasteiger partial charge is 0.0537 e. The first-order chi connectivity index (χ1) is 20.5. The Labute approximate surface area is 251 Å². The zero-order valence-electron chi connectivity index (χ0n) is 25.3. The van der Waals surface area contributed by atoms with Gasteiger partial charge in [-0.15, -0.1) is 0 Å². The Hall–Kier alpha value is -5.08. The molecule has 0 spiro atoms. The summed E-state index contributed by atoms with van der Waals surface area (Å²) in [5.41, 5.74) is 13.1. The van der Waals surface area contributed by atoms with Crippen LogP contribution in [0.5, 0.6) is 0 Å². The molecule has 2 nitrogen and oxygen atoms in total. The van der Waals surface area contributed by atoms with Gasteiger partial charge in [0.15, 0.2) is 0 Å². The van der Waals surface area contributed by atoms with Gasteiger partial charge < -0.3 is 9.13 Å². The number of hydrogen-bond acceptors (Lipinski definition) is 0. The number of hydrogen-bond donors (Lipinski definition) is 0. The summed E-state index contributed by atoms with van der Waals surface area (Å²) in [6.07, 6.45) is 24.4. The molecule has 0 saturated heterocycles. The summed E-state index contributed by atoms with van der Waals surface area (Å²) in [6, 6.07) is 17.4. The minimum Gasteiger partial charge on any atom is -0.309 e. The van der Waals surface area contributed by atoms with Gasteiger partial charge in [-0.05, 0) is 87.4 Å². The normalized spacial score (nSPS) is 11.8. The van der Waals surface area contributed by atoms with Gasteiger partial charge in [-0.2, -0.15) is 0 Å². The van der Waals surface area contributed by atoms with Gasteiger partial charge >= 0.3 is 0 Å². The molecule has 0 aliphatic heterocycles. The summed E-state index contributed by atoms with van der Waals surface area (Å²) >= 11 is 0. The Morgan fingerprint density at radius 1 is 0.405 bits per heavy atom. The van der Waals surface area contributed by atoms with Crippen LogP contribution in [0.3, 0.4) is 0 Å². The minimum atomic E-state index is 1.05. The average molecular weight is 549 g/mol. The molecule has 0 unspecified atom stereocenters. The fourth-order valence-electron chi connectivity index (χ4n) is 5.62. The summed E-state index contributed by atoms with van der Waals surface area (Å²) in [5.74, 6) is 0. The van der Waals surface area contributed by atoms with Crippen LogP contribution in [-0.2, 0) is 0 Å². The third-order valence-corrected chi connectivity index (χ3v) is 7.34. The predicted octanol–water partition coefficient (Wildman–Crippen LogP) is 11.6. The number of allylic oxidation sites excluding steroid dienone is 4. The van der Waals surface area contributed by atoms with Gasteiger partial charge in [0.25, 0.3) is 0 Å². The molecular weight excluding hydrogens is 508 g/mol. The monoisotopic (exact) mass is 548 g/mol. The van der Waals surface area contributed by atoms with Crippen molar-refractivity contribution in [1.82, 2.24) is 9.13 Å². The summed E-state index contributed by atoms with van der Waals surface area (Å²) in [5, 5.41) is 0. The molecule has 42 heavy (non-hydrogen) atoms. The number of aromatic nitrogens is 2. The molecule has 4 aromatic rings. The van der Waals surface area contributed by atoms with E-state index in [1.54, 1.807) is 0 Å². The van der Waals surface area contributed by atoms with Gasteiger partial charge in [0.2, 0.25) is 0 Å². The molecule has 0 bridgehead atoms. The molecule has 210 valence electrons. The van der Waals surface area contributed by atoms with Crippen LogP contribution in [0, 0.1) is 0 Å². The first kappa shape index (κ1) is 29.9. The maximum absolute atomic E-state index is 4.13. The minimum absolute atomic E-state index is 1.05. The van der Waals surface area contributed by atoms with Crippen molar-refractivity contribution in [2.75, 3.05) is 0 Å². The molecular formula is C40H40N2. The van der Waals surface area contributed by atoms with E-state index in [0.29, 0.717) is 0 Å². The molecule has 0 aliphatic carbocycles. The molecule has 0 saturated carbocycles. The third kappa shape index (κ3) is 5.32. The Morgan fingerprint density at radius 2 is 0.738 bits per heavy atom. The van der Waals surface area contributed by atoms with Gasteiger partial charge in [-0.1, -0.05) is 99.2 Å². The first-order valence-electron chi connectivity index (χ1n) is 14.3. The Kier molecular flexibility index (Phi) is 9.62. The highest BCUT2D eigenvalue weighted by atomic mass is 15.0. The molecule has 0 fully saturated rings. The van der Waals surface area contributed by atoms with Crippen molar-refractivity contribution in [3.05, 3.63) is 144 Å². The maximum atomic E-state index is 4.13. The molecule has 0 aliphatic rings.